The van der Waals surface area contributed by atoms with Crippen LogP contribution in [0.5, 0.6) is 0 Å². The fourth-order valence-electron chi connectivity index (χ4n) is 2.23. The van der Waals surface area contributed by atoms with E-state index in [2.05, 4.69) is 5.43 Å². The van der Waals surface area contributed by atoms with Gasteiger partial charge in [0.2, 0.25) is 10.0 Å². The first-order valence-corrected chi connectivity index (χ1v) is 8.52. The van der Waals surface area contributed by atoms with Crippen molar-refractivity contribution in [2.24, 2.45) is 5.84 Å². The summed E-state index contributed by atoms with van der Waals surface area (Å²) in [5.74, 6) is 5.30. The highest BCUT2D eigenvalue weighted by atomic mass is 32.2. The first-order valence-electron chi connectivity index (χ1n) is 7.08. The zero-order chi connectivity index (χ0) is 15.9. The van der Waals surface area contributed by atoms with Gasteiger partial charge in [0, 0.05) is 25.4 Å². The van der Waals surface area contributed by atoms with Gasteiger partial charge in [-0.25, -0.2) is 8.42 Å². The molecule has 0 bridgehead atoms. The largest absolute Gasteiger partial charge is 0.383 e. The Kier molecular flexibility index (Phi) is 7.10. The number of anilines is 1. The van der Waals surface area contributed by atoms with Crippen molar-refractivity contribution in [1.82, 2.24) is 4.31 Å². The van der Waals surface area contributed by atoms with Gasteiger partial charge in [-0.05, 0) is 37.1 Å². The van der Waals surface area contributed by atoms with Crippen molar-refractivity contribution in [3.63, 3.8) is 0 Å². The number of nitrogens with zero attached hydrogens (tertiary/aromatic N) is 1. The molecule has 0 aromatic heterocycles. The van der Waals surface area contributed by atoms with Gasteiger partial charge in [-0.15, -0.1) is 0 Å². The molecule has 120 valence electrons. The third-order valence-corrected chi connectivity index (χ3v) is 5.46. The average molecular weight is 315 g/mol. The van der Waals surface area contributed by atoms with Crippen molar-refractivity contribution in [3.05, 3.63) is 24.3 Å². The summed E-state index contributed by atoms with van der Waals surface area (Å²) in [6.07, 6.45) is 1.53. The van der Waals surface area contributed by atoms with Gasteiger partial charge >= 0.3 is 0 Å². The summed E-state index contributed by atoms with van der Waals surface area (Å²) in [5, 5.41) is 0. The predicted molar refractivity (Wildman–Crippen MR) is 84.4 cm³/mol. The quantitative estimate of drug-likeness (QED) is 0.536. The number of nitrogens with two attached hydrogens (primary N) is 1. The first kappa shape index (κ1) is 17.9. The topological polar surface area (TPSA) is 84.7 Å². The zero-order valence-corrected chi connectivity index (χ0v) is 13.7. The third-order valence-electron chi connectivity index (χ3n) is 3.49. The molecule has 0 fully saturated rings. The molecule has 7 heteroatoms. The number of nitrogen functional groups attached to an aromatic ring is 1. The SMILES string of the molecule is CCC(CC)N(CCOC)S(=O)(=O)c1ccc(NN)cc1. The highest BCUT2D eigenvalue weighted by Gasteiger charge is 2.29. The standard InChI is InChI=1S/C14H25N3O3S/c1-4-13(5-2)17(10-11-20-3)21(18,19)14-8-6-12(16-15)7-9-14/h6-9,13,16H,4-5,10-11,15H2,1-3H3. The molecule has 1 aromatic rings. The summed E-state index contributed by atoms with van der Waals surface area (Å²) in [4.78, 5) is 0.268. The minimum atomic E-state index is -3.54. The van der Waals surface area contributed by atoms with Crippen molar-refractivity contribution < 1.29 is 13.2 Å². The minimum Gasteiger partial charge on any atom is -0.383 e. The van der Waals surface area contributed by atoms with Gasteiger partial charge in [0.25, 0.3) is 0 Å². The highest BCUT2D eigenvalue weighted by molar-refractivity contribution is 7.89. The Morgan fingerprint density at radius 3 is 2.24 bits per heavy atom. The molecule has 21 heavy (non-hydrogen) atoms. The molecule has 0 aliphatic rings. The highest BCUT2D eigenvalue weighted by Crippen LogP contribution is 2.22. The van der Waals surface area contributed by atoms with Gasteiger partial charge in [0.15, 0.2) is 0 Å². The number of methoxy groups -OCH3 is 1. The maximum Gasteiger partial charge on any atom is 0.243 e. The predicted octanol–water partition coefficient (Wildman–Crippen LogP) is 1.80. The summed E-state index contributed by atoms with van der Waals surface area (Å²) in [6, 6.07) is 6.39. The Hall–Kier alpha value is -1.15. The number of hydrazine groups is 1. The normalized spacial score (nSPS) is 12.1. The molecule has 0 aliphatic heterocycles. The van der Waals surface area contributed by atoms with Crippen molar-refractivity contribution >= 4 is 15.7 Å². The van der Waals surface area contributed by atoms with Gasteiger partial charge in [0.05, 0.1) is 11.5 Å². The summed E-state index contributed by atoms with van der Waals surface area (Å²) in [6.45, 7) is 4.70. The van der Waals surface area contributed by atoms with Gasteiger partial charge < -0.3 is 10.2 Å². The van der Waals surface area contributed by atoms with Crippen LogP contribution >= 0.6 is 0 Å². The second-order valence-corrected chi connectivity index (χ2v) is 6.64. The molecular formula is C14H25N3O3S. The van der Waals surface area contributed by atoms with E-state index < -0.39 is 10.0 Å². The lowest BCUT2D eigenvalue weighted by atomic mass is 10.2. The molecule has 0 unspecified atom stereocenters. The summed E-state index contributed by atoms with van der Waals surface area (Å²) in [5.41, 5.74) is 3.15. The lowest BCUT2D eigenvalue weighted by Gasteiger charge is -2.29. The lowest BCUT2D eigenvalue weighted by Crippen LogP contribution is -2.41. The summed E-state index contributed by atoms with van der Waals surface area (Å²) in [7, 11) is -1.97. The summed E-state index contributed by atoms with van der Waals surface area (Å²) >= 11 is 0. The van der Waals surface area contributed by atoms with Crippen LogP contribution in [0, 0.1) is 0 Å². The molecular weight excluding hydrogens is 290 g/mol. The van der Waals surface area contributed by atoms with Crippen molar-refractivity contribution in [1.29, 1.82) is 0 Å². The Bertz CT molecular complexity index is 513. The molecule has 1 rings (SSSR count). The number of benzene rings is 1. The van der Waals surface area contributed by atoms with Crippen LogP contribution in [0.1, 0.15) is 26.7 Å². The fourth-order valence-corrected chi connectivity index (χ4v) is 3.99. The zero-order valence-electron chi connectivity index (χ0n) is 12.9. The molecule has 0 atom stereocenters. The van der Waals surface area contributed by atoms with E-state index in [9.17, 15) is 8.42 Å². The van der Waals surface area contributed by atoms with Crippen LogP contribution in [0.3, 0.4) is 0 Å². The molecule has 0 amide bonds. The Morgan fingerprint density at radius 1 is 1.24 bits per heavy atom. The van der Waals surface area contributed by atoms with Gasteiger partial charge in [0.1, 0.15) is 0 Å². The molecule has 0 heterocycles. The maximum atomic E-state index is 12.8. The second-order valence-electron chi connectivity index (χ2n) is 4.75. The van der Waals surface area contributed by atoms with Gasteiger partial charge in [-0.1, -0.05) is 13.8 Å². The van der Waals surface area contributed by atoms with E-state index >= 15 is 0 Å². The summed E-state index contributed by atoms with van der Waals surface area (Å²) < 4.78 is 32.2. The number of rotatable bonds is 9. The Labute approximate surface area is 127 Å². The number of hydrogen-bond donors (Lipinski definition) is 2. The van der Waals surface area contributed by atoms with Crippen LogP contribution in [0.15, 0.2) is 29.2 Å². The van der Waals surface area contributed by atoms with Crippen LogP contribution in [0.2, 0.25) is 0 Å². The average Bonchev–Trinajstić information content (AvgIpc) is 2.51. The molecule has 1 aromatic carbocycles. The number of sulfonamides is 1. The lowest BCUT2D eigenvalue weighted by molar-refractivity contribution is 0.163. The van der Waals surface area contributed by atoms with Crippen LogP contribution < -0.4 is 11.3 Å². The van der Waals surface area contributed by atoms with Crippen molar-refractivity contribution in [2.75, 3.05) is 25.7 Å². The second kappa shape index (κ2) is 8.33. The number of ether oxygens (including phenoxy) is 1. The molecule has 0 radical (unpaired) electrons. The number of nitrogens with one attached hydrogen (secondary N) is 1. The van der Waals surface area contributed by atoms with Crippen LogP contribution in [-0.4, -0.2) is 39.0 Å². The van der Waals surface area contributed by atoms with E-state index in [1.54, 1.807) is 31.4 Å². The van der Waals surface area contributed by atoms with E-state index in [-0.39, 0.29) is 10.9 Å². The fraction of sp³-hybridized carbons (Fsp3) is 0.571. The van der Waals surface area contributed by atoms with Crippen LogP contribution in [0.25, 0.3) is 0 Å². The third kappa shape index (κ3) is 4.41. The molecule has 6 nitrogen and oxygen atoms in total. The van der Waals surface area contributed by atoms with E-state index in [1.165, 1.54) is 4.31 Å². The Morgan fingerprint density at radius 2 is 1.81 bits per heavy atom. The minimum absolute atomic E-state index is 0.0301. The van der Waals surface area contributed by atoms with Gasteiger partial charge in [-0.3, -0.25) is 5.84 Å². The van der Waals surface area contributed by atoms with E-state index in [0.717, 1.165) is 12.8 Å². The van der Waals surface area contributed by atoms with E-state index in [1.807, 2.05) is 13.8 Å². The molecule has 0 spiro atoms. The monoisotopic (exact) mass is 315 g/mol. The molecule has 0 saturated carbocycles. The molecule has 3 N–H and O–H groups in total. The van der Waals surface area contributed by atoms with Crippen LogP contribution in [-0.2, 0) is 14.8 Å². The Balaban J connectivity index is 3.12. The van der Waals surface area contributed by atoms with Crippen molar-refractivity contribution in [2.45, 2.75) is 37.6 Å². The number of hydrogen-bond acceptors (Lipinski definition) is 5. The first-order chi connectivity index (χ1) is 10.0. The van der Waals surface area contributed by atoms with E-state index in [4.69, 9.17) is 10.6 Å². The maximum absolute atomic E-state index is 12.8. The molecule has 0 aliphatic carbocycles. The van der Waals surface area contributed by atoms with Gasteiger partial charge in [-0.2, -0.15) is 4.31 Å². The van der Waals surface area contributed by atoms with Crippen LogP contribution in [0.4, 0.5) is 5.69 Å². The molecule has 0 saturated heterocycles. The van der Waals surface area contributed by atoms with Crippen molar-refractivity contribution in [3.8, 4) is 0 Å². The smallest absolute Gasteiger partial charge is 0.243 e. The van der Waals surface area contributed by atoms with E-state index in [0.29, 0.717) is 18.8 Å².